The van der Waals surface area contributed by atoms with Crippen molar-refractivity contribution >= 4 is 34.6 Å². The molecular formula is C26H22ClN3O2S. The molecule has 166 valence electrons. The van der Waals surface area contributed by atoms with Crippen LogP contribution in [0, 0.1) is 6.92 Å². The molecule has 1 N–H and O–H groups in total. The van der Waals surface area contributed by atoms with Gasteiger partial charge in [0.25, 0.3) is 0 Å². The first-order valence-corrected chi connectivity index (χ1v) is 11.4. The highest BCUT2D eigenvalue weighted by Gasteiger charge is 2.43. The van der Waals surface area contributed by atoms with Crippen LogP contribution in [0.5, 0.6) is 5.75 Å². The molecule has 1 aliphatic heterocycles. The molecule has 0 radical (unpaired) electrons. The van der Waals surface area contributed by atoms with Crippen LogP contribution in [0.1, 0.15) is 29.1 Å². The number of nitrogens with zero attached hydrogens (tertiary/aromatic N) is 2. The fraction of sp³-hybridized carbons (Fsp3) is 0.154. The van der Waals surface area contributed by atoms with Gasteiger partial charge in [0.2, 0.25) is 0 Å². The summed E-state index contributed by atoms with van der Waals surface area (Å²) in [5, 5.41) is 4.73. The Kier molecular flexibility index (Phi) is 5.79. The monoisotopic (exact) mass is 475 g/mol. The zero-order chi connectivity index (χ0) is 22.9. The molecule has 1 fully saturated rings. The van der Waals surface area contributed by atoms with Crippen molar-refractivity contribution in [2.24, 2.45) is 0 Å². The SMILES string of the molecule is COc1ccccc1N1C(=S)N[C@H](c2ccccn2)[C@@H]1c1ccc(-c2ccc(C)c(Cl)c2)o1. The molecule has 0 aliphatic carbocycles. The summed E-state index contributed by atoms with van der Waals surface area (Å²) in [6.45, 7) is 1.98. The molecule has 3 heterocycles. The number of hydrogen-bond acceptors (Lipinski definition) is 4. The first-order valence-electron chi connectivity index (χ1n) is 10.6. The first-order chi connectivity index (χ1) is 16.1. The molecule has 1 aliphatic rings. The number of benzene rings is 2. The average molecular weight is 476 g/mol. The molecule has 2 atom stereocenters. The zero-order valence-corrected chi connectivity index (χ0v) is 19.7. The fourth-order valence-corrected chi connectivity index (χ4v) is 4.66. The van der Waals surface area contributed by atoms with E-state index in [0.717, 1.165) is 39.8 Å². The van der Waals surface area contributed by atoms with E-state index in [2.05, 4.69) is 10.3 Å². The summed E-state index contributed by atoms with van der Waals surface area (Å²) in [4.78, 5) is 6.63. The third kappa shape index (κ3) is 3.96. The minimum Gasteiger partial charge on any atom is -0.495 e. The van der Waals surface area contributed by atoms with Crippen LogP contribution in [-0.4, -0.2) is 17.2 Å². The fourth-order valence-electron chi connectivity index (χ4n) is 4.15. The topological polar surface area (TPSA) is 50.5 Å². The molecule has 5 nitrogen and oxygen atoms in total. The van der Waals surface area contributed by atoms with Gasteiger partial charge in [-0.1, -0.05) is 41.9 Å². The number of nitrogens with one attached hydrogen (secondary N) is 1. The number of methoxy groups -OCH3 is 1. The molecule has 1 saturated heterocycles. The van der Waals surface area contributed by atoms with Gasteiger partial charge in [0.15, 0.2) is 5.11 Å². The Morgan fingerprint density at radius 2 is 1.88 bits per heavy atom. The summed E-state index contributed by atoms with van der Waals surface area (Å²) < 4.78 is 12.0. The predicted molar refractivity (Wildman–Crippen MR) is 135 cm³/mol. The van der Waals surface area contributed by atoms with E-state index in [9.17, 15) is 0 Å². The second-order valence-electron chi connectivity index (χ2n) is 7.83. The van der Waals surface area contributed by atoms with Gasteiger partial charge in [-0.15, -0.1) is 0 Å². The Hall–Kier alpha value is -3.35. The number of aryl methyl sites for hydroxylation is 1. The number of hydrogen-bond donors (Lipinski definition) is 1. The van der Waals surface area contributed by atoms with E-state index in [0.29, 0.717) is 10.1 Å². The lowest BCUT2D eigenvalue weighted by Gasteiger charge is -2.27. The van der Waals surface area contributed by atoms with Crippen LogP contribution in [-0.2, 0) is 0 Å². The lowest BCUT2D eigenvalue weighted by atomic mass is 10.0. The standard InChI is InChI=1S/C26H22ClN3O2S/c1-16-10-11-17(15-18(16)27)21-12-13-23(32-21)25-24(19-7-5-6-14-28-19)29-26(33)30(25)20-8-3-4-9-22(20)31-2/h3-15,24-25H,1-2H3,(H,29,33)/t24-,25+/m1/s1. The lowest BCUT2D eigenvalue weighted by Crippen LogP contribution is -2.29. The van der Waals surface area contributed by atoms with Crippen LogP contribution >= 0.6 is 23.8 Å². The van der Waals surface area contributed by atoms with Gasteiger partial charge >= 0.3 is 0 Å². The van der Waals surface area contributed by atoms with Crippen molar-refractivity contribution in [2.45, 2.75) is 19.0 Å². The second kappa shape index (κ2) is 8.89. The maximum Gasteiger partial charge on any atom is 0.174 e. The molecule has 0 unspecified atom stereocenters. The number of pyridine rings is 1. The van der Waals surface area contributed by atoms with Gasteiger partial charge in [0.05, 0.1) is 24.5 Å². The van der Waals surface area contributed by atoms with E-state index in [1.54, 1.807) is 13.3 Å². The van der Waals surface area contributed by atoms with E-state index in [4.69, 9.17) is 33.0 Å². The Balaban J connectivity index is 1.62. The maximum absolute atomic E-state index is 6.41. The van der Waals surface area contributed by atoms with Crippen LogP contribution < -0.4 is 15.0 Å². The summed E-state index contributed by atoms with van der Waals surface area (Å²) in [5.74, 6) is 2.23. The van der Waals surface area contributed by atoms with Crippen molar-refractivity contribution in [1.82, 2.24) is 10.3 Å². The zero-order valence-electron chi connectivity index (χ0n) is 18.2. The van der Waals surface area contributed by atoms with Gasteiger partial charge in [0.1, 0.15) is 23.3 Å². The van der Waals surface area contributed by atoms with Gasteiger partial charge < -0.3 is 19.4 Å². The van der Waals surface area contributed by atoms with Crippen LogP contribution in [0.3, 0.4) is 0 Å². The Bertz CT molecular complexity index is 1310. The normalized spacial score (nSPS) is 17.8. The van der Waals surface area contributed by atoms with Crippen molar-refractivity contribution in [3.63, 3.8) is 0 Å². The number of thiocarbonyl (C=S) groups is 1. The first kappa shape index (κ1) is 21.5. The molecule has 33 heavy (non-hydrogen) atoms. The van der Waals surface area contributed by atoms with E-state index in [-0.39, 0.29) is 12.1 Å². The number of furan rings is 1. The number of para-hydroxylation sites is 2. The van der Waals surface area contributed by atoms with Gasteiger partial charge in [-0.3, -0.25) is 4.98 Å². The quantitative estimate of drug-likeness (QED) is 0.333. The molecule has 5 rings (SSSR count). The maximum atomic E-state index is 6.41. The van der Waals surface area contributed by atoms with Gasteiger partial charge in [-0.25, -0.2) is 0 Å². The number of aromatic nitrogens is 1. The highest BCUT2D eigenvalue weighted by atomic mass is 35.5. The minimum atomic E-state index is -0.265. The number of ether oxygens (including phenoxy) is 1. The van der Waals surface area contributed by atoms with E-state index in [1.807, 2.05) is 84.6 Å². The summed E-state index contributed by atoms with van der Waals surface area (Å²) in [6.07, 6.45) is 1.78. The van der Waals surface area contributed by atoms with Crippen molar-refractivity contribution in [2.75, 3.05) is 12.0 Å². The molecule has 2 aromatic carbocycles. The molecule has 0 amide bonds. The Morgan fingerprint density at radius 3 is 2.64 bits per heavy atom. The van der Waals surface area contributed by atoms with Crippen LogP contribution in [0.25, 0.3) is 11.3 Å². The third-order valence-corrected chi connectivity index (χ3v) is 6.54. The smallest absolute Gasteiger partial charge is 0.174 e. The van der Waals surface area contributed by atoms with Gasteiger partial charge in [0, 0.05) is 16.8 Å². The van der Waals surface area contributed by atoms with Crippen molar-refractivity contribution in [3.05, 3.63) is 101 Å². The van der Waals surface area contributed by atoms with Gasteiger partial charge in [-0.2, -0.15) is 0 Å². The second-order valence-corrected chi connectivity index (χ2v) is 8.63. The van der Waals surface area contributed by atoms with Crippen molar-refractivity contribution in [1.29, 1.82) is 0 Å². The summed E-state index contributed by atoms with van der Waals surface area (Å²) >= 11 is 12.1. The largest absolute Gasteiger partial charge is 0.495 e. The molecular weight excluding hydrogens is 454 g/mol. The van der Waals surface area contributed by atoms with Crippen molar-refractivity contribution in [3.8, 4) is 17.1 Å². The lowest BCUT2D eigenvalue weighted by molar-refractivity contribution is 0.409. The number of anilines is 1. The average Bonchev–Trinajstić information content (AvgIpc) is 3.46. The van der Waals surface area contributed by atoms with Crippen LogP contribution in [0.4, 0.5) is 5.69 Å². The number of rotatable bonds is 5. The molecule has 0 bridgehead atoms. The van der Waals surface area contributed by atoms with Gasteiger partial charge in [-0.05, 0) is 67.2 Å². The van der Waals surface area contributed by atoms with E-state index < -0.39 is 0 Å². The Morgan fingerprint density at radius 1 is 1.06 bits per heavy atom. The van der Waals surface area contributed by atoms with Crippen molar-refractivity contribution < 1.29 is 9.15 Å². The number of halogens is 1. The molecule has 0 spiro atoms. The molecule has 4 aromatic rings. The Labute approximate surface area is 203 Å². The van der Waals surface area contributed by atoms with E-state index >= 15 is 0 Å². The third-order valence-electron chi connectivity index (χ3n) is 5.82. The predicted octanol–water partition coefficient (Wildman–Crippen LogP) is 6.49. The highest BCUT2D eigenvalue weighted by Crippen LogP contribution is 2.45. The summed E-state index contributed by atoms with van der Waals surface area (Å²) in [7, 11) is 1.66. The van der Waals surface area contributed by atoms with Crippen LogP contribution in [0.15, 0.2) is 83.4 Å². The molecule has 0 saturated carbocycles. The minimum absolute atomic E-state index is 0.204. The highest BCUT2D eigenvalue weighted by molar-refractivity contribution is 7.80. The summed E-state index contributed by atoms with van der Waals surface area (Å²) in [5.41, 5.74) is 3.68. The molecule has 2 aromatic heterocycles. The van der Waals surface area contributed by atoms with E-state index in [1.165, 1.54) is 0 Å². The van der Waals surface area contributed by atoms with Crippen LogP contribution in [0.2, 0.25) is 5.02 Å². The summed E-state index contributed by atoms with van der Waals surface area (Å²) in [6, 6.07) is 23.1. The molecule has 7 heteroatoms.